The summed E-state index contributed by atoms with van der Waals surface area (Å²) in [5.41, 5.74) is -0.193. The number of nitrogens with zero attached hydrogens (tertiary/aromatic N) is 2. The van der Waals surface area contributed by atoms with E-state index in [1.165, 1.54) is 13.0 Å². The van der Waals surface area contributed by atoms with Crippen LogP contribution in [0.25, 0.3) is 0 Å². The molecule has 0 radical (unpaired) electrons. The minimum atomic E-state index is -1.12. The fourth-order valence-electron chi connectivity index (χ4n) is 2.37. The van der Waals surface area contributed by atoms with Crippen LogP contribution >= 0.6 is 0 Å². The quantitative estimate of drug-likeness (QED) is 0.488. The Morgan fingerprint density at radius 1 is 1.16 bits per heavy atom. The lowest BCUT2D eigenvalue weighted by molar-refractivity contribution is -0.143. The van der Waals surface area contributed by atoms with E-state index in [-0.39, 0.29) is 11.3 Å². The van der Waals surface area contributed by atoms with Crippen molar-refractivity contribution in [3.63, 3.8) is 0 Å². The normalized spacial score (nSPS) is 14.5. The zero-order valence-corrected chi connectivity index (χ0v) is 13.8. The van der Waals surface area contributed by atoms with Crippen LogP contribution in [0, 0.1) is 5.82 Å². The number of halogens is 1. The van der Waals surface area contributed by atoms with Gasteiger partial charge in [-0.1, -0.05) is 0 Å². The van der Waals surface area contributed by atoms with E-state index in [0.29, 0.717) is 4.90 Å². The van der Waals surface area contributed by atoms with E-state index in [0.717, 1.165) is 17.0 Å². The maximum Gasteiger partial charge on any atom is 0.334 e. The molecule has 1 N–H and O–H groups in total. The average Bonchev–Trinajstić information content (AvgIpc) is 2.70. The molecule has 2 rings (SSSR count). The second kappa shape index (κ2) is 6.80. The Hall–Kier alpha value is -3.10. The number of carbonyl (C=O) groups is 5. The molecule has 1 aromatic rings. The Kier molecular flexibility index (Phi) is 4.96. The number of anilines is 1. The lowest BCUT2D eigenvalue weighted by Crippen LogP contribution is -2.39. The topological polar surface area (TPSA) is 104 Å². The summed E-state index contributed by atoms with van der Waals surface area (Å²) in [4.78, 5) is 60.2. The molecule has 0 aliphatic carbocycles. The van der Waals surface area contributed by atoms with E-state index in [9.17, 15) is 28.4 Å². The largest absolute Gasteiger partial charge is 0.334 e. The lowest BCUT2D eigenvalue weighted by Gasteiger charge is -2.18. The molecule has 0 spiro atoms. The minimum absolute atomic E-state index is 0.163. The SMILES string of the molecule is CC(=O)Nc1ccc(C(=O)CN2C(=O)C(=O)N(C(C)C)C2=O)c(F)c1. The molecule has 1 heterocycles. The molecule has 9 heteroatoms. The number of carbonyl (C=O) groups excluding carboxylic acids is 5. The van der Waals surface area contributed by atoms with Gasteiger partial charge in [0.2, 0.25) is 5.91 Å². The van der Waals surface area contributed by atoms with Crippen molar-refractivity contribution >= 4 is 35.2 Å². The summed E-state index contributed by atoms with van der Waals surface area (Å²) in [5.74, 6) is -4.30. The highest BCUT2D eigenvalue weighted by Gasteiger charge is 2.46. The van der Waals surface area contributed by atoms with Crippen LogP contribution in [0.2, 0.25) is 0 Å². The van der Waals surface area contributed by atoms with Gasteiger partial charge in [0.1, 0.15) is 5.82 Å². The smallest absolute Gasteiger partial charge is 0.326 e. The summed E-state index contributed by atoms with van der Waals surface area (Å²) in [6, 6.07) is 1.95. The molecule has 0 atom stereocenters. The van der Waals surface area contributed by atoms with Gasteiger partial charge in [-0.25, -0.2) is 14.1 Å². The Morgan fingerprint density at radius 2 is 1.80 bits per heavy atom. The number of urea groups is 1. The van der Waals surface area contributed by atoms with Crippen LogP contribution in [-0.2, 0) is 14.4 Å². The Balaban J connectivity index is 2.20. The summed E-state index contributed by atoms with van der Waals surface area (Å²) in [5, 5.41) is 2.36. The number of imide groups is 2. The van der Waals surface area contributed by atoms with Crippen molar-refractivity contribution in [2.45, 2.75) is 26.8 Å². The van der Waals surface area contributed by atoms with Gasteiger partial charge in [0.05, 0.1) is 12.1 Å². The number of rotatable bonds is 5. The van der Waals surface area contributed by atoms with E-state index in [2.05, 4.69) is 5.32 Å². The second-order valence-electron chi connectivity index (χ2n) is 5.74. The molecule has 0 aromatic heterocycles. The summed E-state index contributed by atoms with van der Waals surface area (Å²) >= 11 is 0. The first-order chi connectivity index (χ1) is 11.6. The Morgan fingerprint density at radius 3 is 2.28 bits per heavy atom. The van der Waals surface area contributed by atoms with Crippen molar-refractivity contribution in [2.24, 2.45) is 0 Å². The predicted octanol–water partition coefficient (Wildman–Crippen LogP) is 1.17. The first-order valence-electron chi connectivity index (χ1n) is 7.42. The first-order valence-corrected chi connectivity index (χ1v) is 7.42. The monoisotopic (exact) mass is 349 g/mol. The molecule has 1 aromatic carbocycles. The first kappa shape index (κ1) is 18.2. The second-order valence-corrected chi connectivity index (χ2v) is 5.74. The number of hydrogen-bond acceptors (Lipinski definition) is 5. The van der Waals surface area contributed by atoms with Gasteiger partial charge in [0.15, 0.2) is 5.78 Å². The van der Waals surface area contributed by atoms with Gasteiger partial charge in [-0.05, 0) is 32.0 Å². The summed E-state index contributed by atoms with van der Waals surface area (Å²) in [6.45, 7) is 3.60. The van der Waals surface area contributed by atoms with Crippen LogP contribution in [-0.4, -0.2) is 51.9 Å². The van der Waals surface area contributed by atoms with E-state index in [1.807, 2.05) is 0 Å². The van der Waals surface area contributed by atoms with E-state index >= 15 is 0 Å². The summed E-state index contributed by atoms with van der Waals surface area (Å²) in [6.07, 6.45) is 0. The summed E-state index contributed by atoms with van der Waals surface area (Å²) in [7, 11) is 0. The molecule has 1 saturated heterocycles. The molecule has 0 saturated carbocycles. The zero-order valence-electron chi connectivity index (χ0n) is 13.8. The molecule has 1 fully saturated rings. The third-order valence-corrected chi connectivity index (χ3v) is 3.49. The van der Waals surface area contributed by atoms with Crippen molar-refractivity contribution in [2.75, 3.05) is 11.9 Å². The van der Waals surface area contributed by atoms with Gasteiger partial charge in [-0.2, -0.15) is 0 Å². The molecule has 1 aliphatic rings. The van der Waals surface area contributed by atoms with Gasteiger partial charge >= 0.3 is 17.8 Å². The van der Waals surface area contributed by atoms with Gasteiger partial charge in [0, 0.05) is 18.7 Å². The molecule has 1 aliphatic heterocycles. The summed E-state index contributed by atoms with van der Waals surface area (Å²) < 4.78 is 14.1. The Bertz CT molecular complexity index is 790. The molecular formula is C16H16FN3O5. The molecule has 132 valence electrons. The molecule has 5 amide bonds. The zero-order chi connectivity index (χ0) is 18.9. The van der Waals surface area contributed by atoms with Gasteiger partial charge in [-0.3, -0.25) is 24.1 Å². The van der Waals surface area contributed by atoms with E-state index < -0.39 is 47.9 Å². The number of ketones is 1. The number of nitrogens with one attached hydrogen (secondary N) is 1. The van der Waals surface area contributed by atoms with Crippen molar-refractivity contribution < 1.29 is 28.4 Å². The number of benzene rings is 1. The van der Waals surface area contributed by atoms with E-state index in [4.69, 9.17) is 0 Å². The fourth-order valence-corrected chi connectivity index (χ4v) is 2.37. The number of hydrogen-bond donors (Lipinski definition) is 1. The van der Waals surface area contributed by atoms with E-state index in [1.54, 1.807) is 13.8 Å². The standard InChI is InChI=1S/C16H16FN3O5/c1-8(2)20-15(24)14(23)19(16(20)25)7-13(22)11-5-4-10(6-12(11)17)18-9(3)21/h4-6,8H,7H2,1-3H3,(H,18,21). The third kappa shape index (κ3) is 3.54. The average molecular weight is 349 g/mol. The van der Waals surface area contributed by atoms with Crippen LogP contribution in [0.3, 0.4) is 0 Å². The highest BCUT2D eigenvalue weighted by Crippen LogP contribution is 2.19. The van der Waals surface area contributed by atoms with Gasteiger partial charge in [0.25, 0.3) is 0 Å². The maximum absolute atomic E-state index is 14.1. The van der Waals surface area contributed by atoms with Crippen LogP contribution in [0.5, 0.6) is 0 Å². The van der Waals surface area contributed by atoms with Crippen LogP contribution in [0.15, 0.2) is 18.2 Å². The molecule has 8 nitrogen and oxygen atoms in total. The molecular weight excluding hydrogens is 333 g/mol. The number of amides is 5. The Labute approximate surface area is 142 Å². The highest BCUT2D eigenvalue weighted by atomic mass is 19.1. The van der Waals surface area contributed by atoms with Crippen LogP contribution in [0.4, 0.5) is 14.9 Å². The third-order valence-electron chi connectivity index (χ3n) is 3.49. The van der Waals surface area contributed by atoms with Crippen molar-refractivity contribution in [1.82, 2.24) is 9.80 Å². The lowest BCUT2D eigenvalue weighted by atomic mass is 10.1. The molecule has 0 unspecified atom stereocenters. The van der Waals surface area contributed by atoms with Crippen molar-refractivity contribution in [1.29, 1.82) is 0 Å². The fraction of sp³-hybridized carbons (Fsp3) is 0.312. The predicted molar refractivity (Wildman–Crippen MR) is 84.1 cm³/mol. The number of Topliss-reactive ketones (excluding diaryl/α,β-unsaturated/α-hetero) is 1. The van der Waals surface area contributed by atoms with Gasteiger partial charge in [-0.15, -0.1) is 0 Å². The van der Waals surface area contributed by atoms with Gasteiger partial charge < -0.3 is 5.32 Å². The molecule has 0 bridgehead atoms. The molecule has 25 heavy (non-hydrogen) atoms. The van der Waals surface area contributed by atoms with Crippen LogP contribution < -0.4 is 5.32 Å². The van der Waals surface area contributed by atoms with Crippen LogP contribution in [0.1, 0.15) is 31.1 Å². The minimum Gasteiger partial charge on any atom is -0.326 e. The maximum atomic E-state index is 14.1. The van der Waals surface area contributed by atoms with Crippen molar-refractivity contribution in [3.05, 3.63) is 29.6 Å². The highest BCUT2D eigenvalue weighted by molar-refractivity contribution is 6.45. The van der Waals surface area contributed by atoms with Crippen molar-refractivity contribution in [3.8, 4) is 0 Å².